The number of hydrogen-bond acceptors (Lipinski definition) is 3. The van der Waals surface area contributed by atoms with E-state index in [0.29, 0.717) is 0 Å². The Balaban J connectivity index is 2.01. The first-order chi connectivity index (χ1) is 7.57. The van der Waals surface area contributed by atoms with Crippen LogP contribution in [-0.4, -0.2) is 15.7 Å². The molecule has 1 fully saturated rings. The monoisotopic (exact) mass is 239 g/mol. The molecule has 0 aliphatic heterocycles. The van der Waals surface area contributed by atoms with E-state index in [4.69, 9.17) is 0 Å². The summed E-state index contributed by atoms with van der Waals surface area (Å²) >= 11 is 1.68. The van der Waals surface area contributed by atoms with Crippen molar-refractivity contribution in [2.24, 2.45) is 5.92 Å². The van der Waals surface area contributed by atoms with Crippen LogP contribution in [0.3, 0.4) is 0 Å². The molecule has 1 heterocycles. The highest BCUT2D eigenvalue weighted by Crippen LogP contribution is 2.33. The van der Waals surface area contributed by atoms with Gasteiger partial charge in [-0.1, -0.05) is 19.8 Å². The third kappa shape index (κ3) is 3.05. The highest BCUT2D eigenvalue weighted by Gasteiger charge is 2.30. The van der Waals surface area contributed by atoms with Crippen LogP contribution in [0.4, 0.5) is 0 Å². The van der Waals surface area contributed by atoms with E-state index < -0.39 is 5.60 Å². The van der Waals surface area contributed by atoms with Gasteiger partial charge >= 0.3 is 0 Å². The molecule has 0 bridgehead atoms. The number of rotatable bonds is 2. The maximum atomic E-state index is 10.6. The van der Waals surface area contributed by atoms with Gasteiger partial charge in [0.05, 0.1) is 10.6 Å². The van der Waals surface area contributed by atoms with Crippen molar-refractivity contribution in [3.05, 3.63) is 16.1 Å². The van der Waals surface area contributed by atoms with E-state index in [9.17, 15) is 5.11 Å². The molecule has 16 heavy (non-hydrogen) atoms. The van der Waals surface area contributed by atoms with Gasteiger partial charge < -0.3 is 5.11 Å². The van der Waals surface area contributed by atoms with Crippen LogP contribution in [-0.2, 0) is 6.42 Å². The number of aromatic nitrogens is 1. The van der Waals surface area contributed by atoms with Crippen LogP contribution >= 0.6 is 11.3 Å². The summed E-state index contributed by atoms with van der Waals surface area (Å²) in [7, 11) is 0. The van der Waals surface area contributed by atoms with Crippen molar-refractivity contribution in [3.8, 4) is 0 Å². The average Bonchev–Trinajstić information content (AvgIpc) is 2.53. The van der Waals surface area contributed by atoms with Gasteiger partial charge in [0.2, 0.25) is 0 Å². The lowest BCUT2D eigenvalue weighted by atomic mass is 9.91. The van der Waals surface area contributed by atoms with Crippen molar-refractivity contribution in [1.82, 2.24) is 4.98 Å². The molecule has 1 aromatic heterocycles. The predicted molar refractivity (Wildman–Crippen MR) is 67.8 cm³/mol. The van der Waals surface area contributed by atoms with Gasteiger partial charge in [-0.25, -0.2) is 4.98 Å². The fourth-order valence-electron chi connectivity index (χ4n) is 2.51. The number of aliphatic hydroxyl groups is 1. The standard InChI is InChI=1S/C13H21NOS/c1-10-4-3-6-13(15,7-5-10)8-12-14-11(2)9-16-12/h9-10,15H,3-8H2,1-2H3. The molecule has 1 saturated carbocycles. The second-order valence-corrected chi connectivity index (χ2v) is 6.26. The van der Waals surface area contributed by atoms with Gasteiger partial charge in [0.25, 0.3) is 0 Å². The van der Waals surface area contributed by atoms with E-state index in [1.54, 1.807) is 11.3 Å². The molecule has 2 nitrogen and oxygen atoms in total. The van der Waals surface area contributed by atoms with Crippen molar-refractivity contribution < 1.29 is 5.11 Å². The highest BCUT2D eigenvalue weighted by molar-refractivity contribution is 7.09. The lowest BCUT2D eigenvalue weighted by molar-refractivity contribution is 0.0243. The molecule has 0 spiro atoms. The van der Waals surface area contributed by atoms with Crippen LogP contribution in [0, 0.1) is 12.8 Å². The molecule has 90 valence electrons. The minimum Gasteiger partial charge on any atom is -0.389 e. The maximum absolute atomic E-state index is 10.6. The van der Waals surface area contributed by atoms with Gasteiger partial charge in [-0.15, -0.1) is 11.3 Å². The number of thiazole rings is 1. The number of nitrogens with zero attached hydrogens (tertiary/aromatic N) is 1. The van der Waals surface area contributed by atoms with E-state index in [-0.39, 0.29) is 0 Å². The minimum atomic E-state index is -0.491. The zero-order valence-corrected chi connectivity index (χ0v) is 11.0. The van der Waals surface area contributed by atoms with Crippen LogP contribution in [0.25, 0.3) is 0 Å². The minimum absolute atomic E-state index is 0.491. The van der Waals surface area contributed by atoms with Crippen LogP contribution in [0.15, 0.2) is 5.38 Å². The normalized spacial score (nSPS) is 31.3. The second kappa shape index (κ2) is 4.84. The van der Waals surface area contributed by atoms with E-state index in [0.717, 1.165) is 48.7 Å². The Morgan fingerprint density at radius 2 is 2.31 bits per heavy atom. The van der Waals surface area contributed by atoms with E-state index in [1.807, 2.05) is 6.92 Å². The molecule has 2 unspecified atom stereocenters. The van der Waals surface area contributed by atoms with Gasteiger partial charge in [0.1, 0.15) is 0 Å². The maximum Gasteiger partial charge on any atom is 0.0956 e. The Bertz CT molecular complexity index is 349. The van der Waals surface area contributed by atoms with E-state index in [1.165, 1.54) is 6.42 Å². The third-order valence-corrected chi connectivity index (χ3v) is 4.56. The lowest BCUT2D eigenvalue weighted by Gasteiger charge is -2.25. The second-order valence-electron chi connectivity index (χ2n) is 5.32. The van der Waals surface area contributed by atoms with E-state index in [2.05, 4.69) is 17.3 Å². The molecule has 1 aliphatic carbocycles. The molecule has 0 amide bonds. The molecule has 0 saturated heterocycles. The summed E-state index contributed by atoms with van der Waals surface area (Å²) in [5.41, 5.74) is 0.584. The Hall–Kier alpha value is -0.410. The van der Waals surface area contributed by atoms with Gasteiger partial charge in [-0.3, -0.25) is 0 Å². The summed E-state index contributed by atoms with van der Waals surface area (Å²) < 4.78 is 0. The van der Waals surface area contributed by atoms with Gasteiger partial charge in [0, 0.05) is 17.5 Å². The van der Waals surface area contributed by atoms with Crippen LogP contribution in [0.5, 0.6) is 0 Å². The highest BCUT2D eigenvalue weighted by atomic mass is 32.1. The van der Waals surface area contributed by atoms with Crippen molar-refractivity contribution >= 4 is 11.3 Å². The summed E-state index contributed by atoms with van der Waals surface area (Å²) in [6, 6.07) is 0. The van der Waals surface area contributed by atoms with Gasteiger partial charge in [-0.05, 0) is 32.1 Å². The Morgan fingerprint density at radius 3 is 3.00 bits per heavy atom. The molecule has 2 rings (SSSR count). The molecule has 3 heteroatoms. The van der Waals surface area contributed by atoms with E-state index >= 15 is 0 Å². The summed E-state index contributed by atoms with van der Waals surface area (Å²) in [6.07, 6.45) is 6.20. The molecular formula is C13H21NOS. The molecule has 0 aromatic carbocycles. The predicted octanol–water partition coefficient (Wildman–Crippen LogP) is 3.33. The molecular weight excluding hydrogens is 218 g/mol. The third-order valence-electron chi connectivity index (χ3n) is 3.59. The first kappa shape index (κ1) is 12.1. The smallest absolute Gasteiger partial charge is 0.0956 e. The van der Waals surface area contributed by atoms with Gasteiger partial charge in [-0.2, -0.15) is 0 Å². The Labute approximate surface area is 102 Å². The zero-order valence-electron chi connectivity index (χ0n) is 10.2. The molecule has 1 aromatic rings. The summed E-state index contributed by atoms with van der Waals surface area (Å²) in [5, 5.41) is 13.8. The topological polar surface area (TPSA) is 33.1 Å². The molecule has 1 aliphatic rings. The van der Waals surface area contributed by atoms with Crippen molar-refractivity contribution in [1.29, 1.82) is 0 Å². The molecule has 1 N–H and O–H groups in total. The van der Waals surface area contributed by atoms with Crippen LogP contribution in [0.2, 0.25) is 0 Å². The molecule has 2 atom stereocenters. The summed E-state index contributed by atoms with van der Waals surface area (Å²) in [6.45, 7) is 4.30. The summed E-state index contributed by atoms with van der Waals surface area (Å²) in [5.74, 6) is 0.770. The van der Waals surface area contributed by atoms with Gasteiger partial charge in [0.15, 0.2) is 0 Å². The first-order valence-electron chi connectivity index (χ1n) is 6.21. The average molecular weight is 239 g/mol. The van der Waals surface area contributed by atoms with Crippen molar-refractivity contribution in [2.75, 3.05) is 0 Å². The van der Waals surface area contributed by atoms with Crippen molar-refractivity contribution in [3.63, 3.8) is 0 Å². The molecule has 0 radical (unpaired) electrons. The largest absolute Gasteiger partial charge is 0.389 e. The fraction of sp³-hybridized carbons (Fsp3) is 0.769. The SMILES string of the molecule is Cc1csc(CC2(O)CCCC(C)CC2)n1. The number of hydrogen-bond donors (Lipinski definition) is 1. The Morgan fingerprint density at radius 1 is 1.50 bits per heavy atom. The van der Waals surface area contributed by atoms with Crippen LogP contribution < -0.4 is 0 Å². The zero-order chi connectivity index (χ0) is 11.6. The van der Waals surface area contributed by atoms with Crippen molar-refractivity contribution in [2.45, 2.75) is 58.0 Å². The van der Waals surface area contributed by atoms with Crippen LogP contribution in [0.1, 0.15) is 49.7 Å². The number of aryl methyl sites for hydroxylation is 1. The first-order valence-corrected chi connectivity index (χ1v) is 7.09. The Kier molecular flexibility index (Phi) is 3.65. The fourth-order valence-corrected chi connectivity index (χ4v) is 3.41. The summed E-state index contributed by atoms with van der Waals surface area (Å²) in [4.78, 5) is 4.46. The lowest BCUT2D eigenvalue weighted by Crippen LogP contribution is -2.30. The quantitative estimate of drug-likeness (QED) is 0.803.